The maximum Gasteiger partial charge on any atom is 0.268 e. The monoisotopic (exact) mass is 376 g/mol. The van der Waals surface area contributed by atoms with Gasteiger partial charge in [0.2, 0.25) is 0 Å². The van der Waals surface area contributed by atoms with Crippen molar-refractivity contribution < 1.29 is 18.4 Å². The molecule has 23 heavy (non-hydrogen) atoms. The van der Waals surface area contributed by atoms with Crippen LogP contribution in [0.3, 0.4) is 0 Å². The van der Waals surface area contributed by atoms with Crippen LogP contribution < -0.4 is 0 Å². The Balaban J connectivity index is 2.10. The SMILES string of the molecule is O=C1C(Cc2ccc(Br)cc2)=C(C(F)F)C(=O)c2ccccc21. The molecule has 0 aliphatic heterocycles. The average molecular weight is 377 g/mol. The molecule has 0 saturated carbocycles. The van der Waals surface area contributed by atoms with Gasteiger partial charge in [0.05, 0.1) is 5.57 Å². The van der Waals surface area contributed by atoms with Crippen LogP contribution in [0.25, 0.3) is 0 Å². The maximum atomic E-state index is 13.4. The highest BCUT2D eigenvalue weighted by atomic mass is 79.9. The van der Waals surface area contributed by atoms with E-state index in [9.17, 15) is 18.4 Å². The summed E-state index contributed by atoms with van der Waals surface area (Å²) in [6.07, 6.45) is -2.98. The number of hydrogen-bond acceptors (Lipinski definition) is 2. The van der Waals surface area contributed by atoms with Crippen molar-refractivity contribution in [1.29, 1.82) is 0 Å². The van der Waals surface area contributed by atoms with Gasteiger partial charge in [-0.2, -0.15) is 0 Å². The van der Waals surface area contributed by atoms with Crippen LogP contribution in [-0.4, -0.2) is 18.0 Å². The van der Waals surface area contributed by atoms with Gasteiger partial charge in [-0.3, -0.25) is 9.59 Å². The molecular weight excluding hydrogens is 366 g/mol. The summed E-state index contributed by atoms with van der Waals surface area (Å²) in [6, 6.07) is 13.1. The summed E-state index contributed by atoms with van der Waals surface area (Å²) in [5, 5.41) is 0. The number of fused-ring (bicyclic) bond motifs is 1. The van der Waals surface area contributed by atoms with Gasteiger partial charge in [0.25, 0.3) is 6.43 Å². The van der Waals surface area contributed by atoms with Gasteiger partial charge in [-0.05, 0) is 17.7 Å². The van der Waals surface area contributed by atoms with Crippen molar-refractivity contribution in [2.75, 3.05) is 0 Å². The Morgan fingerprint density at radius 1 is 0.870 bits per heavy atom. The Labute approximate surface area is 140 Å². The van der Waals surface area contributed by atoms with Gasteiger partial charge in [0.15, 0.2) is 11.6 Å². The van der Waals surface area contributed by atoms with E-state index in [4.69, 9.17) is 0 Å². The lowest BCUT2D eigenvalue weighted by molar-refractivity contribution is 0.0918. The van der Waals surface area contributed by atoms with Crippen LogP contribution in [0.5, 0.6) is 0 Å². The van der Waals surface area contributed by atoms with E-state index in [1.807, 2.05) is 0 Å². The lowest BCUT2D eigenvalue weighted by atomic mass is 9.82. The Kier molecular flexibility index (Phi) is 4.22. The summed E-state index contributed by atoms with van der Waals surface area (Å²) >= 11 is 3.30. The van der Waals surface area contributed by atoms with Crippen LogP contribution in [0.2, 0.25) is 0 Å². The molecule has 0 saturated heterocycles. The first kappa shape index (κ1) is 15.7. The normalized spacial score (nSPS) is 14.4. The minimum atomic E-state index is -2.98. The molecule has 0 radical (unpaired) electrons. The van der Waals surface area contributed by atoms with Crippen molar-refractivity contribution in [3.63, 3.8) is 0 Å². The molecule has 2 aromatic carbocycles. The second-order valence-electron chi connectivity index (χ2n) is 5.20. The summed E-state index contributed by atoms with van der Waals surface area (Å²) in [4.78, 5) is 25.0. The van der Waals surface area contributed by atoms with Crippen molar-refractivity contribution in [2.24, 2.45) is 0 Å². The third kappa shape index (κ3) is 2.88. The average Bonchev–Trinajstić information content (AvgIpc) is 2.54. The van der Waals surface area contributed by atoms with Crippen LogP contribution in [-0.2, 0) is 6.42 Å². The first-order valence-corrected chi connectivity index (χ1v) is 7.72. The Hall–Kier alpha value is -2.14. The highest BCUT2D eigenvalue weighted by molar-refractivity contribution is 9.10. The van der Waals surface area contributed by atoms with Crippen molar-refractivity contribution in [2.45, 2.75) is 12.8 Å². The topological polar surface area (TPSA) is 34.1 Å². The molecule has 0 aromatic heterocycles. The fraction of sp³-hybridized carbons (Fsp3) is 0.111. The fourth-order valence-electron chi connectivity index (χ4n) is 2.66. The zero-order valence-corrected chi connectivity index (χ0v) is 13.4. The zero-order valence-electron chi connectivity index (χ0n) is 11.9. The number of allylic oxidation sites excluding steroid dienone is 2. The Morgan fingerprint density at radius 2 is 1.43 bits per heavy atom. The number of rotatable bonds is 3. The third-order valence-electron chi connectivity index (χ3n) is 3.77. The van der Waals surface area contributed by atoms with Gasteiger partial charge >= 0.3 is 0 Å². The standard InChI is InChI=1S/C18H11BrF2O2/c19-11-7-5-10(6-8-11)9-14-15(18(20)21)17(23)13-4-2-1-3-12(13)16(14)22/h1-8,18H,9H2. The number of Topliss-reactive ketones (excluding diaryl/α,β-unsaturated/α-hetero) is 2. The number of carbonyl (C=O) groups excluding carboxylic acids is 2. The fourth-order valence-corrected chi connectivity index (χ4v) is 2.92. The molecule has 3 rings (SSSR count). The minimum absolute atomic E-state index is 0.00581. The summed E-state index contributed by atoms with van der Waals surface area (Å²) in [5.74, 6) is -1.26. The molecule has 0 N–H and O–H groups in total. The van der Waals surface area contributed by atoms with Crippen LogP contribution in [0.4, 0.5) is 8.78 Å². The van der Waals surface area contributed by atoms with Gasteiger partial charge in [0.1, 0.15) is 0 Å². The van der Waals surface area contributed by atoms with Gasteiger partial charge < -0.3 is 0 Å². The van der Waals surface area contributed by atoms with Crippen LogP contribution in [0.1, 0.15) is 26.3 Å². The second kappa shape index (κ2) is 6.16. The molecule has 5 heteroatoms. The number of halogens is 3. The quantitative estimate of drug-likeness (QED) is 0.782. The van der Waals surface area contributed by atoms with Crippen LogP contribution in [0, 0.1) is 0 Å². The van der Waals surface area contributed by atoms with E-state index in [0.717, 1.165) is 4.47 Å². The van der Waals surface area contributed by atoms with Crippen molar-refractivity contribution >= 4 is 27.5 Å². The molecule has 1 aliphatic carbocycles. The summed E-state index contributed by atoms with van der Waals surface area (Å²) in [5.41, 5.74) is 0.130. The number of ketones is 2. The van der Waals surface area contributed by atoms with E-state index < -0.39 is 23.6 Å². The molecule has 0 amide bonds. The molecule has 2 aromatic rings. The smallest absolute Gasteiger partial charge is 0.268 e. The largest absolute Gasteiger partial charge is 0.289 e. The number of carbonyl (C=O) groups is 2. The predicted molar refractivity (Wildman–Crippen MR) is 86.0 cm³/mol. The van der Waals surface area contributed by atoms with Gasteiger partial charge in [-0.1, -0.05) is 52.3 Å². The van der Waals surface area contributed by atoms with E-state index >= 15 is 0 Å². The van der Waals surface area contributed by atoms with Gasteiger partial charge in [0, 0.05) is 27.6 Å². The van der Waals surface area contributed by atoms with Gasteiger partial charge in [-0.25, -0.2) is 8.78 Å². The van der Waals surface area contributed by atoms with E-state index in [-0.39, 0.29) is 23.1 Å². The Morgan fingerprint density at radius 3 is 2.00 bits per heavy atom. The molecule has 0 heterocycles. The molecule has 0 spiro atoms. The van der Waals surface area contributed by atoms with E-state index in [0.29, 0.717) is 5.56 Å². The molecule has 0 bridgehead atoms. The molecule has 116 valence electrons. The first-order valence-electron chi connectivity index (χ1n) is 6.93. The second-order valence-corrected chi connectivity index (χ2v) is 6.12. The molecule has 0 fully saturated rings. The van der Waals surface area contributed by atoms with E-state index in [1.54, 1.807) is 36.4 Å². The van der Waals surface area contributed by atoms with Crippen molar-refractivity contribution in [3.05, 3.63) is 80.8 Å². The summed E-state index contributed by atoms with van der Waals surface area (Å²) in [6.45, 7) is 0. The molecule has 0 unspecified atom stereocenters. The highest BCUT2D eigenvalue weighted by Gasteiger charge is 2.36. The Bertz CT molecular complexity index is 823. The zero-order chi connectivity index (χ0) is 16.6. The van der Waals surface area contributed by atoms with E-state index in [2.05, 4.69) is 15.9 Å². The van der Waals surface area contributed by atoms with E-state index in [1.165, 1.54) is 12.1 Å². The van der Waals surface area contributed by atoms with Crippen molar-refractivity contribution in [1.82, 2.24) is 0 Å². The molecular formula is C18H11BrF2O2. The molecule has 2 nitrogen and oxygen atoms in total. The lowest BCUT2D eigenvalue weighted by Crippen LogP contribution is -2.26. The number of alkyl halides is 2. The van der Waals surface area contributed by atoms with Crippen molar-refractivity contribution in [3.8, 4) is 0 Å². The first-order chi connectivity index (χ1) is 11.0. The summed E-state index contributed by atoms with van der Waals surface area (Å²) in [7, 11) is 0. The minimum Gasteiger partial charge on any atom is -0.289 e. The number of benzene rings is 2. The van der Waals surface area contributed by atoms with Gasteiger partial charge in [-0.15, -0.1) is 0 Å². The lowest BCUT2D eigenvalue weighted by Gasteiger charge is -2.20. The third-order valence-corrected chi connectivity index (χ3v) is 4.30. The summed E-state index contributed by atoms with van der Waals surface area (Å²) < 4.78 is 27.7. The highest BCUT2D eigenvalue weighted by Crippen LogP contribution is 2.31. The molecule has 1 aliphatic rings. The van der Waals surface area contributed by atoms with Crippen LogP contribution in [0.15, 0.2) is 64.1 Å². The molecule has 0 atom stereocenters. The maximum absolute atomic E-state index is 13.4. The number of hydrogen-bond donors (Lipinski definition) is 0. The predicted octanol–water partition coefficient (Wildman–Crippen LogP) is 4.63. The van der Waals surface area contributed by atoms with Crippen LogP contribution >= 0.6 is 15.9 Å².